The highest BCUT2D eigenvalue weighted by Crippen LogP contribution is 2.25. The van der Waals surface area contributed by atoms with Gasteiger partial charge in [0.25, 0.3) is 5.91 Å². The molecule has 19 heavy (non-hydrogen) atoms. The van der Waals surface area contributed by atoms with Crippen molar-refractivity contribution in [2.75, 3.05) is 19.4 Å². The fourth-order valence-electron chi connectivity index (χ4n) is 1.71. The third kappa shape index (κ3) is 3.43. The van der Waals surface area contributed by atoms with Crippen LogP contribution < -0.4 is 5.73 Å². The lowest BCUT2D eigenvalue weighted by atomic mass is 10.2. The van der Waals surface area contributed by atoms with Gasteiger partial charge in [-0.05, 0) is 31.0 Å². The van der Waals surface area contributed by atoms with Crippen LogP contribution in [0.2, 0.25) is 0 Å². The lowest BCUT2D eigenvalue weighted by Gasteiger charge is -2.15. The van der Waals surface area contributed by atoms with Crippen molar-refractivity contribution in [2.45, 2.75) is 18.9 Å². The van der Waals surface area contributed by atoms with Gasteiger partial charge in [0.1, 0.15) is 5.82 Å². The van der Waals surface area contributed by atoms with E-state index in [1.54, 1.807) is 11.9 Å². The molecule has 5 nitrogen and oxygen atoms in total. The monoisotopic (exact) mass is 266 g/mol. The van der Waals surface area contributed by atoms with Crippen LogP contribution in [0, 0.1) is 5.82 Å². The van der Waals surface area contributed by atoms with Crippen LogP contribution in [0.5, 0.6) is 0 Å². The van der Waals surface area contributed by atoms with Gasteiger partial charge in [0.2, 0.25) is 0 Å². The Morgan fingerprint density at radius 1 is 1.42 bits per heavy atom. The van der Waals surface area contributed by atoms with Gasteiger partial charge < -0.3 is 15.4 Å². The van der Waals surface area contributed by atoms with Crippen LogP contribution in [0.3, 0.4) is 0 Å². The first-order chi connectivity index (χ1) is 8.97. The van der Waals surface area contributed by atoms with E-state index in [0.29, 0.717) is 0 Å². The number of carbonyl (C=O) groups is 2. The summed E-state index contributed by atoms with van der Waals surface area (Å²) in [4.78, 5) is 24.9. The maximum atomic E-state index is 13.1. The molecule has 0 unspecified atom stereocenters. The molecule has 0 radical (unpaired) electrons. The molecule has 1 fully saturated rings. The molecule has 1 aliphatic carbocycles. The number of hydrogen-bond acceptors (Lipinski definition) is 4. The van der Waals surface area contributed by atoms with Gasteiger partial charge in [-0.15, -0.1) is 0 Å². The second kappa shape index (κ2) is 5.26. The molecule has 1 aromatic carbocycles. The Balaban J connectivity index is 1.91. The third-order valence-corrected chi connectivity index (χ3v) is 2.97. The summed E-state index contributed by atoms with van der Waals surface area (Å²) in [5, 5.41) is 0. The summed E-state index contributed by atoms with van der Waals surface area (Å²) in [6.07, 6.45) is 1.97. The molecule has 1 aromatic rings. The highest BCUT2D eigenvalue weighted by molar-refractivity contribution is 5.92. The number of nitrogens with two attached hydrogens (primary N) is 1. The smallest absolute Gasteiger partial charge is 0.338 e. The van der Waals surface area contributed by atoms with Crippen LogP contribution in [0.1, 0.15) is 23.2 Å². The van der Waals surface area contributed by atoms with Crippen LogP contribution >= 0.6 is 0 Å². The van der Waals surface area contributed by atoms with E-state index in [-0.39, 0.29) is 29.8 Å². The average Bonchev–Trinajstić information content (AvgIpc) is 3.17. The van der Waals surface area contributed by atoms with Crippen LogP contribution in [-0.4, -0.2) is 36.5 Å². The van der Waals surface area contributed by atoms with Gasteiger partial charge in [-0.3, -0.25) is 4.79 Å². The van der Waals surface area contributed by atoms with E-state index in [0.717, 1.165) is 25.0 Å². The fraction of sp³-hybridized carbons (Fsp3) is 0.385. The van der Waals surface area contributed by atoms with Crippen molar-refractivity contribution in [3.63, 3.8) is 0 Å². The van der Waals surface area contributed by atoms with Gasteiger partial charge in [0.15, 0.2) is 6.61 Å². The number of amides is 1. The molecule has 0 spiro atoms. The van der Waals surface area contributed by atoms with Gasteiger partial charge >= 0.3 is 5.97 Å². The standard InChI is InChI=1S/C13H15FN2O3/c1-16(11-2-3-11)12(17)7-19-13(18)8-4-9(14)6-10(15)5-8/h4-6,11H,2-3,7,15H2,1H3. The van der Waals surface area contributed by atoms with E-state index in [1.807, 2.05) is 0 Å². The van der Waals surface area contributed by atoms with Crippen molar-refractivity contribution in [1.29, 1.82) is 0 Å². The minimum atomic E-state index is -0.760. The lowest BCUT2D eigenvalue weighted by molar-refractivity contribution is -0.133. The molecule has 1 saturated carbocycles. The number of benzene rings is 1. The summed E-state index contributed by atoms with van der Waals surface area (Å²) in [6.45, 7) is -0.345. The summed E-state index contributed by atoms with van der Waals surface area (Å²) in [5.74, 6) is -1.64. The fourth-order valence-corrected chi connectivity index (χ4v) is 1.71. The van der Waals surface area contributed by atoms with Crippen LogP contribution in [0.25, 0.3) is 0 Å². The van der Waals surface area contributed by atoms with Gasteiger partial charge in [-0.2, -0.15) is 0 Å². The number of esters is 1. The quantitative estimate of drug-likeness (QED) is 0.656. The van der Waals surface area contributed by atoms with Crippen LogP contribution in [-0.2, 0) is 9.53 Å². The molecule has 102 valence electrons. The third-order valence-electron chi connectivity index (χ3n) is 2.97. The van der Waals surface area contributed by atoms with Crippen molar-refractivity contribution in [1.82, 2.24) is 4.90 Å². The molecule has 0 aliphatic heterocycles. The Hall–Kier alpha value is -2.11. The Bertz CT molecular complexity index is 494. The Labute approximate surface area is 110 Å². The first-order valence-corrected chi connectivity index (χ1v) is 5.96. The highest BCUT2D eigenvalue weighted by atomic mass is 19.1. The van der Waals surface area contributed by atoms with Gasteiger partial charge in [-0.25, -0.2) is 9.18 Å². The molecule has 0 bridgehead atoms. The normalized spacial score (nSPS) is 14.0. The minimum Gasteiger partial charge on any atom is -0.452 e. The molecule has 0 heterocycles. The minimum absolute atomic E-state index is 0.000579. The topological polar surface area (TPSA) is 72.6 Å². The Morgan fingerprint density at radius 2 is 2.11 bits per heavy atom. The van der Waals surface area contributed by atoms with E-state index in [1.165, 1.54) is 6.07 Å². The summed E-state index contributed by atoms with van der Waals surface area (Å²) in [6, 6.07) is 3.69. The highest BCUT2D eigenvalue weighted by Gasteiger charge is 2.29. The average molecular weight is 266 g/mol. The number of likely N-dealkylation sites (N-methyl/N-ethyl adjacent to an activating group) is 1. The molecule has 2 rings (SSSR count). The summed E-state index contributed by atoms with van der Waals surface area (Å²) in [5.41, 5.74) is 5.56. The zero-order chi connectivity index (χ0) is 14.0. The summed E-state index contributed by atoms with van der Waals surface area (Å²) >= 11 is 0. The Morgan fingerprint density at radius 3 is 2.68 bits per heavy atom. The van der Waals surface area contributed by atoms with Crippen LogP contribution in [0.4, 0.5) is 10.1 Å². The van der Waals surface area contributed by atoms with Crippen molar-refractivity contribution >= 4 is 17.6 Å². The second-order valence-electron chi connectivity index (χ2n) is 4.59. The predicted molar refractivity (Wildman–Crippen MR) is 66.9 cm³/mol. The van der Waals surface area contributed by atoms with Crippen molar-refractivity contribution < 1.29 is 18.7 Å². The molecular weight excluding hydrogens is 251 g/mol. The molecule has 6 heteroatoms. The number of halogens is 1. The van der Waals surface area contributed by atoms with E-state index in [9.17, 15) is 14.0 Å². The van der Waals surface area contributed by atoms with Gasteiger partial charge in [-0.1, -0.05) is 0 Å². The first kappa shape index (κ1) is 13.3. The molecule has 0 saturated heterocycles. The maximum Gasteiger partial charge on any atom is 0.338 e. The maximum absolute atomic E-state index is 13.1. The number of carbonyl (C=O) groups excluding carboxylic acids is 2. The van der Waals surface area contributed by atoms with E-state index in [4.69, 9.17) is 10.5 Å². The molecular formula is C13H15FN2O3. The summed E-state index contributed by atoms with van der Waals surface area (Å²) < 4.78 is 17.9. The van der Waals surface area contributed by atoms with Gasteiger partial charge in [0.05, 0.1) is 5.56 Å². The van der Waals surface area contributed by atoms with Crippen molar-refractivity contribution in [3.8, 4) is 0 Å². The number of hydrogen-bond donors (Lipinski definition) is 1. The molecule has 2 N–H and O–H groups in total. The van der Waals surface area contributed by atoms with E-state index >= 15 is 0 Å². The largest absolute Gasteiger partial charge is 0.452 e. The molecule has 0 atom stereocenters. The number of anilines is 1. The first-order valence-electron chi connectivity index (χ1n) is 5.96. The number of rotatable bonds is 4. The zero-order valence-electron chi connectivity index (χ0n) is 10.6. The van der Waals surface area contributed by atoms with Crippen molar-refractivity contribution in [2.24, 2.45) is 0 Å². The molecule has 1 aliphatic rings. The van der Waals surface area contributed by atoms with Gasteiger partial charge in [0, 0.05) is 18.8 Å². The lowest BCUT2D eigenvalue weighted by Crippen LogP contribution is -2.32. The molecule has 0 aromatic heterocycles. The van der Waals surface area contributed by atoms with E-state index < -0.39 is 11.8 Å². The second-order valence-corrected chi connectivity index (χ2v) is 4.59. The van der Waals surface area contributed by atoms with E-state index in [2.05, 4.69) is 0 Å². The predicted octanol–water partition coefficient (Wildman–Crippen LogP) is 1.19. The molecule has 1 amide bonds. The Kier molecular flexibility index (Phi) is 3.69. The van der Waals surface area contributed by atoms with Crippen molar-refractivity contribution in [3.05, 3.63) is 29.6 Å². The number of ether oxygens (including phenoxy) is 1. The van der Waals surface area contributed by atoms with Crippen LogP contribution in [0.15, 0.2) is 18.2 Å². The zero-order valence-corrected chi connectivity index (χ0v) is 10.6. The SMILES string of the molecule is CN(C(=O)COC(=O)c1cc(N)cc(F)c1)C1CC1. The number of nitrogens with zero attached hydrogens (tertiary/aromatic N) is 1. The summed E-state index contributed by atoms with van der Waals surface area (Å²) in [7, 11) is 1.67. The number of nitrogen functional groups attached to an aromatic ring is 1.